The number of nitrogens with one attached hydrogen (secondary N) is 1. The number of primary sulfonamides is 1. The molecule has 3 rings (SSSR count). The van der Waals surface area contributed by atoms with E-state index in [4.69, 9.17) is 21.5 Å². The fourth-order valence-corrected chi connectivity index (χ4v) is 3.83. The lowest BCUT2D eigenvalue weighted by Crippen LogP contribution is -2.15. The second kappa shape index (κ2) is 8.88. The number of carbonyl (C=O) groups excluding carboxylic acids is 1. The van der Waals surface area contributed by atoms with Crippen LogP contribution in [0.4, 0.5) is 10.1 Å². The van der Waals surface area contributed by atoms with Crippen molar-refractivity contribution in [2.45, 2.75) is 11.8 Å². The molecule has 3 N–H and O–H groups in total. The second-order valence-corrected chi connectivity index (χ2v) is 8.30. The van der Waals surface area contributed by atoms with Crippen LogP contribution in [0.1, 0.15) is 11.3 Å². The highest BCUT2D eigenvalue weighted by Gasteiger charge is 2.16. The predicted molar refractivity (Wildman–Crippen MR) is 115 cm³/mol. The third-order valence-corrected chi connectivity index (χ3v) is 5.55. The highest BCUT2D eigenvalue weighted by Crippen LogP contribution is 2.27. The fourth-order valence-electron chi connectivity index (χ4n) is 2.77. The molecule has 2 aromatic carbocycles. The Labute approximate surface area is 183 Å². The van der Waals surface area contributed by atoms with Gasteiger partial charge in [-0.3, -0.25) is 4.79 Å². The number of nitrogens with two attached hydrogens (primary N) is 1. The summed E-state index contributed by atoms with van der Waals surface area (Å²) >= 11 is 6.38. The summed E-state index contributed by atoms with van der Waals surface area (Å²) in [5.41, 5.74) is 1.83. The molecule has 0 saturated carbocycles. The van der Waals surface area contributed by atoms with Gasteiger partial charge in [0.15, 0.2) is 0 Å². The number of halogens is 2. The van der Waals surface area contributed by atoms with E-state index in [0.717, 1.165) is 0 Å². The lowest BCUT2D eigenvalue weighted by atomic mass is 10.2. The van der Waals surface area contributed by atoms with Gasteiger partial charge in [-0.15, -0.1) is 0 Å². The first kappa shape index (κ1) is 22.5. The second-order valence-electron chi connectivity index (χ2n) is 6.41. The molecule has 0 atom stereocenters. The number of benzene rings is 2. The first-order valence-corrected chi connectivity index (χ1v) is 10.7. The van der Waals surface area contributed by atoms with Gasteiger partial charge in [-0.25, -0.2) is 22.6 Å². The molecule has 0 fully saturated rings. The SMILES string of the molecule is COc1ccc(NC(=O)/C=C/c2c(C)nn(-c3ccc(F)cc3)c2Cl)cc1S(N)(=O)=O. The molecule has 0 spiro atoms. The number of rotatable bonds is 6. The van der Waals surface area contributed by atoms with Gasteiger partial charge < -0.3 is 10.1 Å². The predicted octanol–water partition coefficient (Wildman–Crippen LogP) is 3.28. The summed E-state index contributed by atoms with van der Waals surface area (Å²) in [6.07, 6.45) is 2.70. The Kier molecular flexibility index (Phi) is 6.44. The first-order valence-electron chi connectivity index (χ1n) is 8.81. The quantitative estimate of drug-likeness (QED) is 0.543. The van der Waals surface area contributed by atoms with E-state index in [9.17, 15) is 17.6 Å². The van der Waals surface area contributed by atoms with Crippen molar-refractivity contribution in [3.63, 3.8) is 0 Å². The third kappa shape index (κ3) is 5.10. The average Bonchev–Trinajstić information content (AvgIpc) is 3.00. The van der Waals surface area contributed by atoms with Gasteiger partial charge in [-0.2, -0.15) is 5.10 Å². The van der Waals surface area contributed by atoms with Crippen molar-refractivity contribution in [1.29, 1.82) is 0 Å². The summed E-state index contributed by atoms with van der Waals surface area (Å²) in [4.78, 5) is 12.1. The Balaban J connectivity index is 1.82. The van der Waals surface area contributed by atoms with Crippen molar-refractivity contribution in [3.05, 3.63) is 70.8 Å². The molecule has 1 aromatic heterocycles. The number of methoxy groups -OCH3 is 1. The standard InChI is InChI=1S/C20H18ClFN4O4S/c1-12-16(20(21)26(25-12)15-6-3-13(22)4-7-15)8-10-19(27)24-14-5-9-17(30-2)18(11-14)31(23,28)29/h3-11H,1-2H3,(H,24,27)(H2,23,28,29)/b10-8+. The summed E-state index contributed by atoms with van der Waals surface area (Å²) in [5, 5.41) is 12.3. The molecule has 11 heteroatoms. The Hall–Kier alpha value is -3.21. The van der Waals surface area contributed by atoms with Gasteiger partial charge in [0.2, 0.25) is 15.9 Å². The van der Waals surface area contributed by atoms with E-state index in [1.807, 2.05) is 0 Å². The summed E-state index contributed by atoms with van der Waals surface area (Å²) in [7, 11) is -2.73. The number of hydrogen-bond acceptors (Lipinski definition) is 5. The number of aromatic nitrogens is 2. The minimum Gasteiger partial charge on any atom is -0.495 e. The van der Waals surface area contributed by atoms with Crippen LogP contribution >= 0.6 is 11.6 Å². The summed E-state index contributed by atoms with van der Waals surface area (Å²) < 4.78 is 42.9. The molecule has 0 bridgehead atoms. The van der Waals surface area contributed by atoms with Crippen molar-refractivity contribution in [1.82, 2.24) is 9.78 Å². The van der Waals surface area contributed by atoms with E-state index in [1.54, 1.807) is 6.92 Å². The van der Waals surface area contributed by atoms with Gasteiger partial charge in [0.05, 0.1) is 18.5 Å². The molecule has 0 saturated heterocycles. The molecule has 31 heavy (non-hydrogen) atoms. The molecule has 0 aliphatic carbocycles. The summed E-state index contributed by atoms with van der Waals surface area (Å²) in [5.74, 6) is -0.855. The lowest BCUT2D eigenvalue weighted by Gasteiger charge is -2.09. The average molecular weight is 465 g/mol. The van der Waals surface area contributed by atoms with E-state index in [2.05, 4.69) is 10.4 Å². The highest BCUT2D eigenvalue weighted by atomic mass is 35.5. The van der Waals surface area contributed by atoms with E-state index in [1.165, 1.54) is 66.4 Å². The molecular formula is C20H18ClFN4O4S. The third-order valence-electron chi connectivity index (χ3n) is 4.26. The number of nitrogens with zero attached hydrogens (tertiary/aromatic N) is 2. The van der Waals surface area contributed by atoms with Gasteiger partial charge in [0.1, 0.15) is 21.6 Å². The van der Waals surface area contributed by atoms with E-state index >= 15 is 0 Å². The number of hydrogen-bond donors (Lipinski definition) is 2. The maximum Gasteiger partial charge on any atom is 0.248 e. The lowest BCUT2D eigenvalue weighted by molar-refractivity contribution is -0.111. The Morgan fingerprint density at radius 1 is 1.26 bits per heavy atom. The highest BCUT2D eigenvalue weighted by molar-refractivity contribution is 7.89. The van der Waals surface area contributed by atoms with E-state index in [-0.39, 0.29) is 27.3 Å². The van der Waals surface area contributed by atoms with Gasteiger partial charge >= 0.3 is 0 Å². The maximum absolute atomic E-state index is 13.1. The molecule has 3 aromatic rings. The van der Waals surface area contributed by atoms with Gasteiger partial charge in [-0.05, 0) is 55.5 Å². The zero-order chi connectivity index (χ0) is 22.8. The topological polar surface area (TPSA) is 116 Å². The monoisotopic (exact) mass is 464 g/mol. The molecule has 0 aliphatic heterocycles. The zero-order valence-electron chi connectivity index (χ0n) is 16.5. The molecular weight excluding hydrogens is 447 g/mol. The van der Waals surface area contributed by atoms with Crippen LogP contribution in [0.25, 0.3) is 11.8 Å². The van der Waals surface area contributed by atoms with E-state index < -0.39 is 15.9 Å². The molecule has 162 valence electrons. The van der Waals surface area contributed by atoms with Crippen LogP contribution in [0.15, 0.2) is 53.4 Å². The van der Waals surface area contributed by atoms with Crippen LogP contribution < -0.4 is 15.2 Å². The Morgan fingerprint density at radius 2 is 1.94 bits per heavy atom. The molecule has 1 amide bonds. The van der Waals surface area contributed by atoms with E-state index in [0.29, 0.717) is 16.9 Å². The van der Waals surface area contributed by atoms with Crippen LogP contribution in [0.5, 0.6) is 5.75 Å². The van der Waals surface area contributed by atoms with Gasteiger partial charge in [0, 0.05) is 17.3 Å². The summed E-state index contributed by atoms with van der Waals surface area (Å²) in [6.45, 7) is 1.71. The number of amides is 1. The van der Waals surface area contributed by atoms with Crippen LogP contribution in [-0.2, 0) is 14.8 Å². The number of anilines is 1. The largest absolute Gasteiger partial charge is 0.495 e. The first-order chi connectivity index (χ1) is 14.6. The van der Waals surface area contributed by atoms with Crippen molar-refractivity contribution in [2.24, 2.45) is 5.14 Å². The van der Waals surface area contributed by atoms with Crippen LogP contribution in [-0.4, -0.2) is 31.2 Å². The Bertz CT molecular complexity index is 1270. The minimum absolute atomic E-state index is 0.0617. The van der Waals surface area contributed by atoms with Crippen molar-refractivity contribution < 1.29 is 22.3 Å². The Morgan fingerprint density at radius 3 is 2.55 bits per heavy atom. The zero-order valence-corrected chi connectivity index (χ0v) is 18.0. The normalized spacial score (nSPS) is 11.6. The van der Waals surface area contributed by atoms with Gasteiger partial charge in [0.25, 0.3) is 0 Å². The maximum atomic E-state index is 13.1. The molecule has 0 unspecified atom stereocenters. The van der Waals surface area contributed by atoms with Crippen molar-refractivity contribution >= 4 is 39.3 Å². The van der Waals surface area contributed by atoms with Crippen LogP contribution in [0.3, 0.4) is 0 Å². The fraction of sp³-hybridized carbons (Fsp3) is 0.100. The number of aryl methyl sites for hydroxylation is 1. The summed E-state index contributed by atoms with van der Waals surface area (Å²) in [6, 6.07) is 9.69. The minimum atomic E-state index is -4.04. The molecule has 8 nitrogen and oxygen atoms in total. The molecule has 1 heterocycles. The van der Waals surface area contributed by atoms with Crippen molar-refractivity contribution in [2.75, 3.05) is 12.4 Å². The van der Waals surface area contributed by atoms with Crippen LogP contribution in [0.2, 0.25) is 5.15 Å². The number of carbonyl (C=O) groups is 1. The van der Waals surface area contributed by atoms with Crippen molar-refractivity contribution in [3.8, 4) is 11.4 Å². The number of sulfonamides is 1. The number of ether oxygens (including phenoxy) is 1. The molecule has 0 radical (unpaired) electrons. The smallest absolute Gasteiger partial charge is 0.248 e. The van der Waals surface area contributed by atoms with Gasteiger partial charge in [-0.1, -0.05) is 11.6 Å². The van der Waals surface area contributed by atoms with Crippen LogP contribution in [0, 0.1) is 12.7 Å². The molecule has 0 aliphatic rings.